The molecule has 0 spiro atoms. The van der Waals surface area contributed by atoms with Crippen LogP contribution in [-0.2, 0) is 12.8 Å². The Morgan fingerprint density at radius 3 is 2.17 bits per heavy atom. The van der Waals surface area contributed by atoms with Crippen molar-refractivity contribution in [3.8, 4) is 11.8 Å². The zero-order valence-electron chi connectivity index (χ0n) is 16.2. The minimum absolute atomic E-state index is 0.274. The summed E-state index contributed by atoms with van der Waals surface area (Å²) in [5.41, 5.74) is 1.79. The highest BCUT2D eigenvalue weighted by Crippen LogP contribution is 2.19. The van der Waals surface area contributed by atoms with Gasteiger partial charge in [0.2, 0.25) is 0 Å². The second kappa shape index (κ2) is 8.38. The van der Waals surface area contributed by atoms with E-state index in [0.717, 1.165) is 16.3 Å². The lowest BCUT2D eigenvalue weighted by Crippen LogP contribution is -2.00. The molecule has 30 heavy (non-hydrogen) atoms. The Morgan fingerprint density at radius 1 is 0.767 bits per heavy atom. The van der Waals surface area contributed by atoms with Crippen molar-refractivity contribution in [2.24, 2.45) is 0 Å². The van der Waals surface area contributed by atoms with Crippen LogP contribution in [0.5, 0.6) is 0 Å². The molecule has 0 saturated heterocycles. The average molecular weight is 402 g/mol. The number of hydrogen-bond donors (Lipinski definition) is 0. The molecule has 148 valence electrons. The van der Waals surface area contributed by atoms with Gasteiger partial charge in [-0.2, -0.15) is 0 Å². The molecular formula is C25H17F3N2. The summed E-state index contributed by atoms with van der Waals surface area (Å²) in [6.07, 6.45) is 4.34. The van der Waals surface area contributed by atoms with Crippen LogP contribution in [0.15, 0.2) is 60.9 Å². The van der Waals surface area contributed by atoms with E-state index >= 15 is 0 Å². The SMILES string of the molecule is Cc1cnc(CCc2cc(F)c(C#Cc3ccc4cc(F)ccc4c3)c(F)c2)nc1. The third-order valence-corrected chi connectivity index (χ3v) is 4.71. The molecule has 0 aliphatic carbocycles. The van der Waals surface area contributed by atoms with Gasteiger partial charge in [0, 0.05) is 24.4 Å². The molecule has 3 aromatic carbocycles. The van der Waals surface area contributed by atoms with Gasteiger partial charge in [0.05, 0.1) is 5.56 Å². The maximum atomic E-state index is 14.5. The number of nitrogens with zero attached hydrogens (tertiary/aromatic N) is 2. The minimum Gasteiger partial charge on any atom is -0.241 e. The number of aromatic nitrogens is 2. The van der Waals surface area contributed by atoms with Crippen molar-refractivity contribution in [2.45, 2.75) is 19.8 Å². The van der Waals surface area contributed by atoms with Crippen molar-refractivity contribution in [1.82, 2.24) is 9.97 Å². The van der Waals surface area contributed by atoms with Crippen LogP contribution in [0.4, 0.5) is 13.2 Å². The fraction of sp³-hybridized carbons (Fsp3) is 0.120. The third-order valence-electron chi connectivity index (χ3n) is 4.71. The number of hydrogen-bond acceptors (Lipinski definition) is 2. The lowest BCUT2D eigenvalue weighted by Gasteiger charge is -2.04. The van der Waals surface area contributed by atoms with Crippen molar-refractivity contribution in [3.05, 3.63) is 106 Å². The van der Waals surface area contributed by atoms with Gasteiger partial charge < -0.3 is 0 Å². The molecule has 4 aromatic rings. The standard InChI is InChI=1S/C25H17F3N2/c1-16-14-29-25(30-15-16)9-4-18-11-23(27)22(24(28)12-18)8-3-17-2-5-20-13-21(26)7-6-19(20)10-17/h2,5-7,10-15H,4,9H2,1H3. The molecule has 5 heteroatoms. The van der Waals surface area contributed by atoms with E-state index in [-0.39, 0.29) is 11.4 Å². The molecule has 0 atom stereocenters. The van der Waals surface area contributed by atoms with E-state index in [1.165, 1.54) is 24.3 Å². The molecule has 0 radical (unpaired) electrons. The first kappa shape index (κ1) is 19.7. The number of halogens is 3. The third kappa shape index (κ3) is 4.49. The van der Waals surface area contributed by atoms with Gasteiger partial charge in [-0.05, 0) is 71.6 Å². The van der Waals surface area contributed by atoms with Crippen LogP contribution in [0.25, 0.3) is 10.8 Å². The molecule has 0 amide bonds. The summed E-state index contributed by atoms with van der Waals surface area (Å²) < 4.78 is 42.2. The van der Waals surface area contributed by atoms with Crippen molar-refractivity contribution >= 4 is 10.8 Å². The second-order valence-electron chi connectivity index (χ2n) is 7.07. The smallest absolute Gasteiger partial charge is 0.142 e. The molecule has 1 aromatic heterocycles. The number of benzene rings is 3. The van der Waals surface area contributed by atoms with Gasteiger partial charge in [0.1, 0.15) is 23.3 Å². The van der Waals surface area contributed by atoms with Crippen LogP contribution in [0.1, 0.15) is 28.1 Å². The van der Waals surface area contributed by atoms with Crippen molar-refractivity contribution in [1.29, 1.82) is 0 Å². The zero-order chi connectivity index (χ0) is 21.1. The van der Waals surface area contributed by atoms with E-state index in [2.05, 4.69) is 21.8 Å². The molecule has 0 fully saturated rings. The predicted octanol–water partition coefficient (Wildman–Crippen LogP) is 5.54. The maximum absolute atomic E-state index is 14.5. The van der Waals surface area contributed by atoms with E-state index in [0.29, 0.717) is 29.8 Å². The van der Waals surface area contributed by atoms with Crippen molar-refractivity contribution < 1.29 is 13.2 Å². The molecular weight excluding hydrogens is 385 g/mol. The quantitative estimate of drug-likeness (QED) is 0.421. The lowest BCUT2D eigenvalue weighted by molar-refractivity contribution is 0.573. The van der Waals surface area contributed by atoms with Crippen molar-refractivity contribution in [3.63, 3.8) is 0 Å². The molecule has 2 nitrogen and oxygen atoms in total. The normalized spacial score (nSPS) is 10.7. The first-order valence-corrected chi connectivity index (χ1v) is 9.45. The summed E-state index contributed by atoms with van der Waals surface area (Å²) in [5.74, 6) is 4.27. The minimum atomic E-state index is -0.704. The van der Waals surface area contributed by atoms with Gasteiger partial charge in [-0.15, -0.1) is 0 Å². The van der Waals surface area contributed by atoms with Crippen LogP contribution >= 0.6 is 0 Å². The van der Waals surface area contributed by atoms with Gasteiger partial charge in [-0.1, -0.05) is 24.0 Å². The average Bonchev–Trinajstić information content (AvgIpc) is 2.73. The van der Waals surface area contributed by atoms with Gasteiger partial charge in [0.15, 0.2) is 0 Å². The van der Waals surface area contributed by atoms with Crippen LogP contribution < -0.4 is 0 Å². The van der Waals surface area contributed by atoms with Crippen LogP contribution in [0, 0.1) is 36.2 Å². The fourth-order valence-corrected chi connectivity index (χ4v) is 3.12. The Morgan fingerprint density at radius 2 is 1.43 bits per heavy atom. The van der Waals surface area contributed by atoms with Gasteiger partial charge in [-0.3, -0.25) is 0 Å². The van der Waals surface area contributed by atoms with Crippen LogP contribution in [0.3, 0.4) is 0 Å². The molecule has 0 unspecified atom stereocenters. The molecule has 0 aliphatic heterocycles. The monoisotopic (exact) mass is 402 g/mol. The van der Waals surface area contributed by atoms with Gasteiger partial charge >= 0.3 is 0 Å². The highest BCUT2D eigenvalue weighted by molar-refractivity contribution is 5.84. The van der Waals surface area contributed by atoms with E-state index in [1.54, 1.807) is 36.7 Å². The number of aryl methyl sites for hydroxylation is 3. The summed E-state index contributed by atoms with van der Waals surface area (Å²) in [7, 11) is 0. The molecule has 0 saturated carbocycles. The molecule has 0 bridgehead atoms. The summed E-state index contributed by atoms with van der Waals surface area (Å²) in [4.78, 5) is 8.41. The van der Waals surface area contributed by atoms with Gasteiger partial charge in [0.25, 0.3) is 0 Å². The summed E-state index contributed by atoms with van der Waals surface area (Å²) in [6.45, 7) is 1.89. The largest absolute Gasteiger partial charge is 0.241 e. The van der Waals surface area contributed by atoms with Crippen LogP contribution in [0.2, 0.25) is 0 Å². The molecule has 4 rings (SSSR count). The summed E-state index contributed by atoms with van der Waals surface area (Å²) >= 11 is 0. The second-order valence-corrected chi connectivity index (χ2v) is 7.07. The summed E-state index contributed by atoms with van der Waals surface area (Å²) in [5, 5.41) is 1.54. The first-order valence-electron chi connectivity index (χ1n) is 9.45. The zero-order valence-corrected chi connectivity index (χ0v) is 16.2. The van der Waals surface area contributed by atoms with Crippen molar-refractivity contribution in [2.75, 3.05) is 0 Å². The maximum Gasteiger partial charge on any atom is 0.142 e. The Hall–Kier alpha value is -3.65. The van der Waals surface area contributed by atoms with E-state index in [4.69, 9.17) is 0 Å². The highest BCUT2D eigenvalue weighted by atomic mass is 19.1. The Labute approximate surface area is 172 Å². The number of fused-ring (bicyclic) bond motifs is 1. The Kier molecular flexibility index (Phi) is 5.49. The van der Waals surface area contributed by atoms with Gasteiger partial charge in [-0.25, -0.2) is 23.1 Å². The molecule has 0 aliphatic rings. The summed E-state index contributed by atoms with van der Waals surface area (Å²) in [6, 6.07) is 12.2. The van der Waals surface area contributed by atoms with E-state index in [9.17, 15) is 13.2 Å². The first-order chi connectivity index (χ1) is 14.5. The Balaban J connectivity index is 1.54. The van der Waals surface area contributed by atoms with E-state index < -0.39 is 11.6 Å². The highest BCUT2D eigenvalue weighted by Gasteiger charge is 2.10. The molecule has 0 N–H and O–H groups in total. The number of rotatable bonds is 3. The predicted molar refractivity (Wildman–Crippen MR) is 110 cm³/mol. The van der Waals surface area contributed by atoms with Crippen LogP contribution in [-0.4, -0.2) is 9.97 Å². The van der Waals surface area contributed by atoms with E-state index in [1.807, 2.05) is 6.92 Å². The fourth-order valence-electron chi connectivity index (χ4n) is 3.12. The Bertz CT molecular complexity index is 1260. The molecule has 1 heterocycles. The topological polar surface area (TPSA) is 25.8 Å². The lowest BCUT2D eigenvalue weighted by atomic mass is 10.0.